The summed E-state index contributed by atoms with van der Waals surface area (Å²) in [5.41, 5.74) is 1.11. The van der Waals surface area contributed by atoms with Gasteiger partial charge in [0.2, 0.25) is 0 Å². The van der Waals surface area contributed by atoms with Gasteiger partial charge in [-0.3, -0.25) is 14.8 Å². The first kappa shape index (κ1) is 18.6. The molecule has 0 aliphatic rings. The fourth-order valence-corrected chi connectivity index (χ4v) is 2.85. The number of pyridine rings is 1. The molecule has 0 radical (unpaired) electrons. The number of hydrogen-bond donors (Lipinski definition) is 3. The lowest BCUT2D eigenvalue weighted by Crippen LogP contribution is -2.20. The Balaban J connectivity index is 2.01. The number of carbonyl (C=O) groups is 2. The molecule has 11 heteroatoms. The second-order valence-corrected chi connectivity index (χ2v) is 6.58. The second-order valence-electron chi connectivity index (χ2n) is 6.58. The third-order valence-electron chi connectivity index (χ3n) is 4.26. The summed E-state index contributed by atoms with van der Waals surface area (Å²) >= 11 is 0. The number of benzene rings is 1. The molecule has 0 aliphatic heterocycles. The number of ether oxygens (including phenoxy) is 2. The number of amides is 2. The van der Waals surface area contributed by atoms with Crippen LogP contribution in [0.1, 0.15) is 27.8 Å². The molecule has 1 aromatic carbocycles. The fourth-order valence-electron chi connectivity index (χ4n) is 2.85. The van der Waals surface area contributed by atoms with Crippen molar-refractivity contribution < 1.29 is 23.2 Å². The molecule has 0 saturated heterocycles. The van der Waals surface area contributed by atoms with Gasteiger partial charge in [0.05, 0.1) is 36.2 Å². The van der Waals surface area contributed by atoms with Crippen LogP contribution in [0.15, 0.2) is 36.8 Å². The largest absolute Gasteiger partial charge is 0.494 e. The summed E-state index contributed by atoms with van der Waals surface area (Å²) in [5.74, 6) is 0.000790. The number of anilines is 3. The first-order chi connectivity index (χ1) is 16.6. The van der Waals surface area contributed by atoms with Crippen LogP contribution in [-0.2, 0) is 11.8 Å². The summed E-state index contributed by atoms with van der Waals surface area (Å²) in [6.45, 7) is -0.632. The van der Waals surface area contributed by atoms with Crippen molar-refractivity contribution in [2.45, 2.75) is 13.3 Å². The van der Waals surface area contributed by atoms with Crippen molar-refractivity contribution in [1.29, 1.82) is 0 Å². The van der Waals surface area contributed by atoms with Crippen LogP contribution in [0.3, 0.4) is 0 Å². The lowest BCUT2D eigenvalue weighted by molar-refractivity contribution is 0.0963. The number of aryl methyl sites for hydroxylation is 1. The smallest absolute Gasteiger partial charge is 0.412 e. The third-order valence-corrected chi connectivity index (χ3v) is 4.26. The molecule has 0 aliphatic carbocycles. The van der Waals surface area contributed by atoms with Crippen molar-refractivity contribution in [3.63, 3.8) is 0 Å². The highest BCUT2D eigenvalue weighted by molar-refractivity contribution is 6.01. The minimum absolute atomic E-state index is 0.0722. The lowest BCUT2D eigenvalue weighted by Gasteiger charge is -2.16. The van der Waals surface area contributed by atoms with Crippen molar-refractivity contribution >= 4 is 29.2 Å². The molecule has 0 spiro atoms. The van der Waals surface area contributed by atoms with E-state index in [-0.39, 0.29) is 23.7 Å². The molecule has 0 fully saturated rings. The highest BCUT2D eigenvalue weighted by Crippen LogP contribution is 2.37. The molecule has 11 nitrogen and oxygen atoms in total. The van der Waals surface area contributed by atoms with Crippen LogP contribution in [0.5, 0.6) is 5.75 Å². The first-order valence-electron chi connectivity index (χ1n) is 11.2. The van der Waals surface area contributed by atoms with Gasteiger partial charge < -0.3 is 20.1 Å². The molecule has 0 bridgehead atoms. The lowest BCUT2D eigenvalue weighted by atomic mass is 10.1. The molecule has 2 amide bonds. The molecular weight excluding hydrogens is 414 g/mol. The summed E-state index contributed by atoms with van der Waals surface area (Å²) in [7, 11) is 3.20. The number of methoxy groups -OCH3 is 1. The van der Waals surface area contributed by atoms with Crippen molar-refractivity contribution in [2.24, 2.45) is 7.05 Å². The molecular formula is C21H25N7O4. The van der Waals surface area contributed by atoms with Gasteiger partial charge in [0.15, 0.2) is 11.6 Å². The molecule has 0 unspecified atom stereocenters. The van der Waals surface area contributed by atoms with Gasteiger partial charge in [-0.05, 0) is 18.6 Å². The average molecular weight is 442 g/mol. The van der Waals surface area contributed by atoms with Crippen LogP contribution in [0.25, 0.3) is 11.4 Å². The number of carbonyl (C=O) groups excluding carboxylic acids is 2. The Labute approximate surface area is 189 Å². The number of nitrogens with zero attached hydrogens (tertiary/aromatic N) is 4. The standard InChI is InChI=1S/C21H25N7O4/c1-5-9-32-21(30)26-17-10-16(14(11-23-17)20(29)22-2)25-15-8-6-7-13(18(15)31-4)19-24-12-28(3)27-19/h6-8,10-12H,5,9H2,1-4H3,(H,22,29)(H2,23,25,26,30)/i2D3. The Bertz CT molecular complexity index is 1210. The van der Waals surface area contributed by atoms with E-state index in [1.807, 2.05) is 12.2 Å². The van der Waals surface area contributed by atoms with Crippen LogP contribution in [0.4, 0.5) is 22.0 Å². The molecule has 32 heavy (non-hydrogen) atoms. The van der Waals surface area contributed by atoms with E-state index >= 15 is 0 Å². The summed E-state index contributed by atoms with van der Waals surface area (Å²) in [6, 6.07) is 6.58. The summed E-state index contributed by atoms with van der Waals surface area (Å²) in [4.78, 5) is 32.9. The molecule has 3 rings (SSSR count). The Kier molecular flexibility index (Phi) is 5.96. The Hall–Kier alpha value is -4.15. The number of nitrogens with one attached hydrogen (secondary N) is 3. The summed E-state index contributed by atoms with van der Waals surface area (Å²) < 4.78 is 34.2. The van der Waals surface area contributed by atoms with E-state index in [1.54, 1.807) is 36.3 Å². The van der Waals surface area contributed by atoms with Gasteiger partial charge in [0.1, 0.15) is 12.1 Å². The van der Waals surface area contributed by atoms with Gasteiger partial charge >= 0.3 is 6.09 Å². The van der Waals surface area contributed by atoms with Crippen LogP contribution >= 0.6 is 0 Å². The maximum atomic E-state index is 12.7. The van der Waals surface area contributed by atoms with Gasteiger partial charge in [-0.2, -0.15) is 5.10 Å². The van der Waals surface area contributed by atoms with Crippen LogP contribution in [-0.4, -0.2) is 52.4 Å². The zero-order valence-corrected chi connectivity index (χ0v) is 17.8. The first-order valence-corrected chi connectivity index (χ1v) is 9.67. The summed E-state index contributed by atoms with van der Waals surface area (Å²) in [5, 5.41) is 11.8. The molecule has 0 saturated carbocycles. The minimum atomic E-state index is -2.71. The SMILES string of the molecule is [2H]C([2H])([2H])NC(=O)c1cnc(NC(=O)OCCC)cc1Nc1cccc(-c2ncn(C)n2)c1OC. The predicted octanol–water partition coefficient (Wildman–Crippen LogP) is 2.95. The van der Waals surface area contributed by atoms with E-state index in [1.165, 1.54) is 13.2 Å². The van der Waals surface area contributed by atoms with Crippen LogP contribution in [0, 0.1) is 0 Å². The normalized spacial score (nSPS) is 12.2. The number of para-hydroxylation sites is 1. The average Bonchev–Trinajstić information content (AvgIpc) is 3.22. The molecule has 3 N–H and O–H groups in total. The van der Waals surface area contributed by atoms with Crippen molar-refractivity contribution in [2.75, 3.05) is 31.3 Å². The van der Waals surface area contributed by atoms with E-state index in [2.05, 4.69) is 25.7 Å². The number of hydrogen-bond acceptors (Lipinski definition) is 8. The van der Waals surface area contributed by atoms with E-state index < -0.39 is 19.0 Å². The van der Waals surface area contributed by atoms with E-state index in [9.17, 15) is 9.59 Å². The monoisotopic (exact) mass is 442 g/mol. The van der Waals surface area contributed by atoms with Gasteiger partial charge in [-0.25, -0.2) is 14.8 Å². The highest BCUT2D eigenvalue weighted by atomic mass is 16.5. The second kappa shape index (κ2) is 10.2. The fraction of sp³-hybridized carbons (Fsp3) is 0.286. The van der Waals surface area contributed by atoms with Gasteiger partial charge in [-0.1, -0.05) is 13.0 Å². The Morgan fingerprint density at radius 2 is 2.09 bits per heavy atom. The van der Waals surface area contributed by atoms with Crippen LogP contribution < -0.4 is 20.7 Å². The van der Waals surface area contributed by atoms with Gasteiger partial charge in [-0.15, -0.1) is 0 Å². The van der Waals surface area contributed by atoms with E-state index in [4.69, 9.17) is 13.6 Å². The van der Waals surface area contributed by atoms with Crippen LogP contribution in [0.2, 0.25) is 0 Å². The molecule has 0 atom stereocenters. The van der Waals surface area contributed by atoms with Crippen molar-refractivity contribution in [1.82, 2.24) is 25.1 Å². The predicted molar refractivity (Wildman–Crippen MR) is 119 cm³/mol. The molecule has 2 aromatic heterocycles. The highest BCUT2D eigenvalue weighted by Gasteiger charge is 2.18. The van der Waals surface area contributed by atoms with Gasteiger partial charge in [0, 0.05) is 30.4 Å². The number of aromatic nitrogens is 4. The van der Waals surface area contributed by atoms with Crippen molar-refractivity contribution in [3.05, 3.63) is 42.4 Å². The molecule has 2 heterocycles. The third kappa shape index (κ3) is 5.12. The number of rotatable bonds is 8. The molecule has 168 valence electrons. The topological polar surface area (TPSA) is 132 Å². The quantitative estimate of drug-likeness (QED) is 0.485. The Morgan fingerprint density at radius 3 is 2.78 bits per heavy atom. The summed E-state index contributed by atoms with van der Waals surface area (Å²) in [6.07, 6.45) is 2.62. The van der Waals surface area contributed by atoms with Crippen molar-refractivity contribution in [3.8, 4) is 17.1 Å². The zero-order chi connectivity index (χ0) is 25.6. The maximum Gasteiger partial charge on any atom is 0.412 e. The van der Waals surface area contributed by atoms with E-state index in [0.717, 1.165) is 6.20 Å². The molecule has 3 aromatic rings. The van der Waals surface area contributed by atoms with E-state index in [0.29, 0.717) is 29.2 Å². The van der Waals surface area contributed by atoms with Gasteiger partial charge in [0.25, 0.3) is 5.91 Å². The zero-order valence-electron chi connectivity index (χ0n) is 20.8. The maximum absolute atomic E-state index is 12.7. The Morgan fingerprint density at radius 1 is 1.25 bits per heavy atom. The minimum Gasteiger partial charge on any atom is -0.494 e.